The van der Waals surface area contributed by atoms with Gasteiger partial charge in [-0.3, -0.25) is 4.79 Å². The summed E-state index contributed by atoms with van der Waals surface area (Å²) in [6.45, 7) is 4.92. The average Bonchev–Trinajstić information content (AvgIpc) is 2.67. The van der Waals surface area contributed by atoms with E-state index in [0.717, 1.165) is 17.8 Å². The highest BCUT2D eigenvalue weighted by Crippen LogP contribution is 2.24. The van der Waals surface area contributed by atoms with Crippen LogP contribution in [-0.2, 0) is 20.8 Å². The predicted molar refractivity (Wildman–Crippen MR) is 75.7 cm³/mol. The lowest BCUT2D eigenvalue weighted by atomic mass is 10.1. The minimum atomic E-state index is -0.484. The smallest absolute Gasteiger partial charge is 0.258 e. The molecule has 108 valence electrons. The molecule has 2 heterocycles. The van der Waals surface area contributed by atoms with E-state index in [-0.39, 0.29) is 11.9 Å². The van der Waals surface area contributed by atoms with E-state index in [1.807, 2.05) is 23.1 Å². The van der Waals surface area contributed by atoms with E-state index < -0.39 is 6.10 Å². The van der Waals surface area contributed by atoms with Crippen LogP contribution >= 0.6 is 0 Å². The molecule has 1 amide bonds. The summed E-state index contributed by atoms with van der Waals surface area (Å²) in [7, 11) is 0. The van der Waals surface area contributed by atoms with Crippen molar-refractivity contribution in [2.45, 2.75) is 25.6 Å². The van der Waals surface area contributed by atoms with Crippen LogP contribution in [0.15, 0.2) is 24.3 Å². The predicted octanol–water partition coefficient (Wildman–Crippen LogP) is 0.927. The van der Waals surface area contributed by atoms with Crippen molar-refractivity contribution < 1.29 is 14.3 Å². The van der Waals surface area contributed by atoms with Crippen molar-refractivity contribution in [2.75, 3.05) is 31.3 Å². The molecule has 0 radical (unpaired) electrons. The number of benzene rings is 1. The van der Waals surface area contributed by atoms with Gasteiger partial charge < -0.3 is 19.7 Å². The number of hydrogen-bond acceptors (Lipinski definition) is 4. The Bertz CT molecular complexity index is 486. The van der Waals surface area contributed by atoms with Gasteiger partial charge in [-0.25, -0.2) is 0 Å². The molecule has 20 heavy (non-hydrogen) atoms. The van der Waals surface area contributed by atoms with Crippen LogP contribution in [-0.4, -0.2) is 44.4 Å². The summed E-state index contributed by atoms with van der Waals surface area (Å²) >= 11 is 0. The highest BCUT2D eigenvalue weighted by Gasteiger charge is 2.31. The number of nitrogens with one attached hydrogen (secondary N) is 1. The first kappa shape index (κ1) is 13.5. The summed E-state index contributed by atoms with van der Waals surface area (Å²) in [6, 6.07) is 8.26. The maximum Gasteiger partial charge on any atom is 0.258 e. The van der Waals surface area contributed by atoms with Gasteiger partial charge >= 0.3 is 0 Å². The third-order valence-corrected chi connectivity index (χ3v) is 3.74. The normalized spacial score (nSPS) is 26.8. The van der Waals surface area contributed by atoms with Gasteiger partial charge in [0.25, 0.3) is 5.91 Å². The fraction of sp³-hybridized carbons (Fsp3) is 0.533. The third kappa shape index (κ3) is 2.70. The van der Waals surface area contributed by atoms with Crippen molar-refractivity contribution in [2.24, 2.45) is 0 Å². The Morgan fingerprint density at radius 1 is 1.35 bits per heavy atom. The van der Waals surface area contributed by atoms with Crippen molar-refractivity contribution in [3.8, 4) is 0 Å². The molecule has 2 atom stereocenters. The summed E-state index contributed by atoms with van der Waals surface area (Å²) in [4.78, 5) is 14.5. The first-order valence-electron chi connectivity index (χ1n) is 7.07. The Kier molecular flexibility index (Phi) is 4.00. The van der Waals surface area contributed by atoms with Crippen LogP contribution in [0.4, 0.5) is 5.69 Å². The average molecular weight is 276 g/mol. The molecule has 0 bridgehead atoms. The number of anilines is 1. The molecule has 1 aromatic rings. The molecule has 1 saturated heterocycles. The van der Waals surface area contributed by atoms with Crippen LogP contribution in [0.5, 0.6) is 0 Å². The Balaban J connectivity index is 1.87. The second-order valence-electron chi connectivity index (χ2n) is 5.29. The molecule has 1 fully saturated rings. The maximum absolute atomic E-state index is 12.7. The van der Waals surface area contributed by atoms with E-state index in [0.29, 0.717) is 26.4 Å². The van der Waals surface area contributed by atoms with Gasteiger partial charge in [0.1, 0.15) is 0 Å². The van der Waals surface area contributed by atoms with Crippen LogP contribution in [0.1, 0.15) is 12.5 Å². The van der Waals surface area contributed by atoms with Crippen molar-refractivity contribution in [3.05, 3.63) is 29.8 Å². The molecule has 0 saturated carbocycles. The minimum Gasteiger partial charge on any atom is -0.376 e. The highest BCUT2D eigenvalue weighted by atomic mass is 16.6. The number of ether oxygens (including phenoxy) is 2. The van der Waals surface area contributed by atoms with Gasteiger partial charge in [0.05, 0.1) is 19.8 Å². The Morgan fingerprint density at radius 2 is 2.20 bits per heavy atom. The van der Waals surface area contributed by atoms with Crippen LogP contribution in [0.3, 0.4) is 0 Å². The highest BCUT2D eigenvalue weighted by molar-refractivity contribution is 5.97. The molecule has 5 heteroatoms. The first-order valence-corrected chi connectivity index (χ1v) is 7.07. The van der Waals surface area contributed by atoms with Crippen molar-refractivity contribution in [1.82, 2.24) is 5.32 Å². The maximum atomic E-state index is 12.7. The number of carbonyl (C=O) groups is 1. The standard InChI is InChI=1S/C15H20N2O3/c1-11-9-17(15(18)14-10-19-6-7-20-14)13-5-3-2-4-12(13)8-16-11/h2-5,11,14,16H,6-10H2,1H3. The topological polar surface area (TPSA) is 50.8 Å². The first-order chi connectivity index (χ1) is 9.75. The summed E-state index contributed by atoms with van der Waals surface area (Å²) in [6.07, 6.45) is -0.484. The second kappa shape index (κ2) is 5.91. The zero-order valence-electron chi connectivity index (χ0n) is 11.7. The Hall–Kier alpha value is -1.43. The zero-order valence-corrected chi connectivity index (χ0v) is 11.7. The minimum absolute atomic E-state index is 0.00676. The molecule has 1 aromatic carbocycles. The molecule has 2 unspecified atom stereocenters. The zero-order chi connectivity index (χ0) is 13.9. The van der Waals surface area contributed by atoms with Crippen molar-refractivity contribution >= 4 is 11.6 Å². The number of amides is 1. The number of rotatable bonds is 1. The molecule has 3 rings (SSSR count). The van der Waals surface area contributed by atoms with Crippen molar-refractivity contribution in [1.29, 1.82) is 0 Å². The largest absolute Gasteiger partial charge is 0.376 e. The molecule has 2 aliphatic rings. The van der Waals surface area contributed by atoms with Gasteiger partial charge in [-0.15, -0.1) is 0 Å². The Labute approximate surface area is 118 Å². The van der Waals surface area contributed by atoms with Crippen LogP contribution in [0.25, 0.3) is 0 Å². The fourth-order valence-electron chi connectivity index (χ4n) is 2.66. The fourth-order valence-corrected chi connectivity index (χ4v) is 2.66. The SMILES string of the molecule is CC1CN(C(=O)C2COCCO2)c2ccccc2CN1. The van der Waals surface area contributed by atoms with Gasteiger partial charge in [0.2, 0.25) is 0 Å². The van der Waals surface area contributed by atoms with Gasteiger partial charge in [-0.05, 0) is 18.6 Å². The molecule has 2 aliphatic heterocycles. The van der Waals surface area contributed by atoms with Crippen LogP contribution in [0, 0.1) is 0 Å². The van der Waals surface area contributed by atoms with E-state index in [1.165, 1.54) is 0 Å². The second-order valence-corrected chi connectivity index (χ2v) is 5.29. The van der Waals surface area contributed by atoms with Gasteiger partial charge in [0, 0.05) is 24.8 Å². The summed E-state index contributed by atoms with van der Waals surface area (Å²) in [5.74, 6) is -0.00676. The lowest BCUT2D eigenvalue weighted by Crippen LogP contribution is -2.48. The quantitative estimate of drug-likeness (QED) is 0.829. The number of fused-ring (bicyclic) bond motifs is 1. The number of nitrogens with zero attached hydrogens (tertiary/aromatic N) is 1. The molecule has 0 spiro atoms. The number of carbonyl (C=O) groups excluding carboxylic acids is 1. The van der Waals surface area contributed by atoms with E-state index in [1.54, 1.807) is 0 Å². The molecular weight excluding hydrogens is 256 g/mol. The van der Waals surface area contributed by atoms with Crippen molar-refractivity contribution in [3.63, 3.8) is 0 Å². The summed E-state index contributed by atoms with van der Waals surface area (Å²) in [5.41, 5.74) is 2.12. The number of para-hydroxylation sites is 1. The molecular formula is C15H20N2O3. The van der Waals surface area contributed by atoms with Crippen LogP contribution in [0.2, 0.25) is 0 Å². The third-order valence-electron chi connectivity index (χ3n) is 3.74. The summed E-state index contributed by atoms with van der Waals surface area (Å²) < 4.78 is 10.9. The summed E-state index contributed by atoms with van der Waals surface area (Å²) in [5, 5.41) is 3.42. The van der Waals surface area contributed by atoms with Gasteiger partial charge in [-0.1, -0.05) is 18.2 Å². The van der Waals surface area contributed by atoms with E-state index in [2.05, 4.69) is 18.3 Å². The monoisotopic (exact) mass is 276 g/mol. The van der Waals surface area contributed by atoms with E-state index in [4.69, 9.17) is 9.47 Å². The number of hydrogen-bond donors (Lipinski definition) is 1. The lowest BCUT2D eigenvalue weighted by molar-refractivity contribution is -0.144. The Morgan fingerprint density at radius 3 is 3.00 bits per heavy atom. The molecule has 0 aliphatic carbocycles. The van der Waals surface area contributed by atoms with E-state index >= 15 is 0 Å². The van der Waals surface area contributed by atoms with E-state index in [9.17, 15) is 4.79 Å². The lowest BCUT2D eigenvalue weighted by Gasteiger charge is -2.30. The van der Waals surface area contributed by atoms with Gasteiger partial charge in [0.15, 0.2) is 6.10 Å². The van der Waals surface area contributed by atoms with Gasteiger partial charge in [-0.2, -0.15) is 0 Å². The van der Waals surface area contributed by atoms with Crippen LogP contribution < -0.4 is 10.2 Å². The molecule has 0 aromatic heterocycles. The molecule has 1 N–H and O–H groups in total. The molecule has 5 nitrogen and oxygen atoms in total.